The maximum absolute atomic E-state index is 11.8. The third-order valence-electron chi connectivity index (χ3n) is 3.99. The molecule has 5 heteroatoms. The van der Waals surface area contributed by atoms with Gasteiger partial charge in [-0.2, -0.15) is 0 Å². The fourth-order valence-electron chi connectivity index (χ4n) is 2.56. The number of nitrogens with two attached hydrogens (primary N) is 1. The Labute approximate surface area is 126 Å². The van der Waals surface area contributed by atoms with Crippen molar-refractivity contribution in [2.24, 2.45) is 5.73 Å². The normalized spacial score (nSPS) is 19.2. The first-order valence-corrected chi connectivity index (χ1v) is 7.58. The van der Waals surface area contributed by atoms with E-state index >= 15 is 0 Å². The summed E-state index contributed by atoms with van der Waals surface area (Å²) in [5.41, 5.74) is 6.58. The van der Waals surface area contributed by atoms with Gasteiger partial charge in [-0.05, 0) is 44.1 Å². The maximum Gasteiger partial charge on any atom is 0.257 e. The highest BCUT2D eigenvalue weighted by molar-refractivity contribution is 5.77. The lowest BCUT2D eigenvalue weighted by Crippen LogP contribution is -2.45. The van der Waals surface area contributed by atoms with Crippen LogP contribution in [0.25, 0.3) is 0 Å². The smallest absolute Gasteiger partial charge is 0.257 e. The van der Waals surface area contributed by atoms with Crippen LogP contribution in [0.5, 0.6) is 5.75 Å². The van der Waals surface area contributed by atoms with Crippen LogP contribution >= 0.6 is 0 Å². The molecule has 0 bridgehead atoms. The Morgan fingerprint density at radius 1 is 1.38 bits per heavy atom. The van der Waals surface area contributed by atoms with Crippen molar-refractivity contribution in [3.63, 3.8) is 0 Å². The number of hydrogen-bond donors (Lipinski definition) is 2. The summed E-state index contributed by atoms with van der Waals surface area (Å²) >= 11 is 0. The highest BCUT2D eigenvalue weighted by Crippen LogP contribution is 2.14. The highest BCUT2D eigenvalue weighted by atomic mass is 16.5. The Kier molecular flexibility index (Phi) is 6.02. The number of nitrogens with zero attached hydrogens (tertiary/aromatic N) is 1. The van der Waals surface area contributed by atoms with Crippen LogP contribution in [0.3, 0.4) is 0 Å². The highest BCUT2D eigenvalue weighted by Gasteiger charge is 2.19. The van der Waals surface area contributed by atoms with Gasteiger partial charge in [0.25, 0.3) is 5.91 Å². The molecule has 1 aliphatic heterocycles. The zero-order valence-electron chi connectivity index (χ0n) is 12.7. The first-order chi connectivity index (χ1) is 10.2. The van der Waals surface area contributed by atoms with Gasteiger partial charge < -0.3 is 20.7 Å². The fourth-order valence-corrected chi connectivity index (χ4v) is 2.56. The van der Waals surface area contributed by atoms with Crippen LogP contribution in [0, 0.1) is 0 Å². The molecule has 0 saturated carbocycles. The van der Waals surface area contributed by atoms with Crippen LogP contribution in [0.15, 0.2) is 24.3 Å². The lowest BCUT2D eigenvalue weighted by Gasteiger charge is -2.32. The molecular weight excluding hydrogens is 266 g/mol. The summed E-state index contributed by atoms with van der Waals surface area (Å²) in [6, 6.07) is 7.94. The van der Waals surface area contributed by atoms with Gasteiger partial charge in [-0.3, -0.25) is 4.79 Å². The average molecular weight is 291 g/mol. The van der Waals surface area contributed by atoms with Crippen LogP contribution < -0.4 is 15.8 Å². The quantitative estimate of drug-likeness (QED) is 0.824. The molecule has 0 aliphatic carbocycles. The van der Waals surface area contributed by atoms with Crippen LogP contribution in [-0.4, -0.2) is 43.6 Å². The van der Waals surface area contributed by atoms with Crippen molar-refractivity contribution in [3.8, 4) is 5.75 Å². The van der Waals surface area contributed by atoms with Gasteiger partial charge in [-0.1, -0.05) is 18.6 Å². The predicted octanol–water partition coefficient (Wildman–Crippen LogP) is 1.12. The van der Waals surface area contributed by atoms with Crippen molar-refractivity contribution in [1.29, 1.82) is 0 Å². The van der Waals surface area contributed by atoms with E-state index in [-0.39, 0.29) is 12.5 Å². The van der Waals surface area contributed by atoms with E-state index < -0.39 is 0 Å². The van der Waals surface area contributed by atoms with Crippen LogP contribution in [0.4, 0.5) is 0 Å². The van der Waals surface area contributed by atoms with E-state index in [2.05, 4.69) is 17.3 Å². The average Bonchev–Trinajstić information content (AvgIpc) is 2.52. The Hall–Kier alpha value is -1.59. The van der Waals surface area contributed by atoms with Crippen molar-refractivity contribution in [2.75, 3.05) is 26.7 Å². The van der Waals surface area contributed by atoms with Gasteiger partial charge in [0.2, 0.25) is 0 Å². The lowest BCUT2D eigenvalue weighted by molar-refractivity contribution is -0.123. The molecule has 1 heterocycles. The fraction of sp³-hybridized carbons (Fsp3) is 0.562. The van der Waals surface area contributed by atoms with Crippen molar-refractivity contribution in [3.05, 3.63) is 29.8 Å². The molecule has 1 aliphatic rings. The molecule has 5 nitrogen and oxygen atoms in total. The SMILES string of the molecule is CN1CCCCC1CNC(=O)COc1ccc(CN)cc1. The summed E-state index contributed by atoms with van der Waals surface area (Å²) < 4.78 is 5.47. The van der Waals surface area contributed by atoms with Gasteiger partial charge in [-0.15, -0.1) is 0 Å². The van der Waals surface area contributed by atoms with Crippen molar-refractivity contribution in [2.45, 2.75) is 31.8 Å². The second-order valence-corrected chi connectivity index (χ2v) is 5.57. The molecule has 0 aromatic heterocycles. The molecule has 1 saturated heterocycles. The first kappa shape index (κ1) is 15.8. The molecule has 1 fully saturated rings. The molecule has 0 radical (unpaired) electrons. The van der Waals surface area contributed by atoms with E-state index in [1.165, 1.54) is 12.8 Å². The molecule has 21 heavy (non-hydrogen) atoms. The van der Waals surface area contributed by atoms with Gasteiger partial charge in [0.05, 0.1) is 0 Å². The third-order valence-corrected chi connectivity index (χ3v) is 3.99. The van der Waals surface area contributed by atoms with Crippen LogP contribution in [0.1, 0.15) is 24.8 Å². The molecule has 2 rings (SSSR count). The molecular formula is C16H25N3O2. The van der Waals surface area contributed by atoms with Gasteiger partial charge in [0.15, 0.2) is 6.61 Å². The molecule has 1 atom stereocenters. The molecule has 1 aromatic carbocycles. The lowest BCUT2D eigenvalue weighted by atomic mass is 10.0. The number of carbonyl (C=O) groups excluding carboxylic acids is 1. The van der Waals surface area contributed by atoms with E-state index in [1.54, 1.807) is 0 Å². The topological polar surface area (TPSA) is 67.6 Å². The third kappa shape index (κ3) is 5.02. The van der Waals surface area contributed by atoms with E-state index in [0.29, 0.717) is 24.9 Å². The van der Waals surface area contributed by atoms with Crippen LogP contribution in [0.2, 0.25) is 0 Å². The summed E-state index contributed by atoms with van der Waals surface area (Å²) in [5.74, 6) is 0.619. The molecule has 1 amide bonds. The van der Waals surface area contributed by atoms with E-state index in [1.807, 2.05) is 24.3 Å². The summed E-state index contributed by atoms with van der Waals surface area (Å²) in [6.07, 6.45) is 3.65. The van der Waals surface area contributed by atoms with E-state index in [0.717, 1.165) is 18.5 Å². The second kappa shape index (κ2) is 8.00. The Bertz CT molecular complexity index is 447. The summed E-state index contributed by atoms with van der Waals surface area (Å²) in [4.78, 5) is 14.1. The van der Waals surface area contributed by atoms with Crippen molar-refractivity contribution < 1.29 is 9.53 Å². The standard InChI is InChI=1S/C16H25N3O2/c1-19-9-3-2-4-14(19)11-18-16(20)12-21-15-7-5-13(10-17)6-8-15/h5-8,14H,2-4,9-12,17H2,1H3,(H,18,20). The number of rotatable bonds is 6. The zero-order chi connectivity index (χ0) is 15.1. The number of hydrogen-bond acceptors (Lipinski definition) is 4. The summed E-state index contributed by atoms with van der Waals surface area (Å²) in [7, 11) is 2.12. The minimum Gasteiger partial charge on any atom is -0.484 e. The molecule has 1 unspecified atom stereocenters. The van der Waals surface area contributed by atoms with Crippen LogP contribution in [-0.2, 0) is 11.3 Å². The molecule has 116 valence electrons. The van der Waals surface area contributed by atoms with E-state index in [4.69, 9.17) is 10.5 Å². The zero-order valence-corrected chi connectivity index (χ0v) is 12.7. The van der Waals surface area contributed by atoms with E-state index in [9.17, 15) is 4.79 Å². The minimum atomic E-state index is -0.0723. The number of amides is 1. The monoisotopic (exact) mass is 291 g/mol. The largest absolute Gasteiger partial charge is 0.484 e. The Morgan fingerprint density at radius 3 is 2.81 bits per heavy atom. The summed E-state index contributed by atoms with van der Waals surface area (Å²) in [5, 5.41) is 2.95. The van der Waals surface area contributed by atoms with Crippen molar-refractivity contribution >= 4 is 5.91 Å². The predicted molar refractivity (Wildman–Crippen MR) is 83.1 cm³/mol. The Morgan fingerprint density at radius 2 is 2.14 bits per heavy atom. The van der Waals surface area contributed by atoms with Crippen molar-refractivity contribution in [1.82, 2.24) is 10.2 Å². The Balaban J connectivity index is 1.69. The number of likely N-dealkylation sites (tertiary alicyclic amines) is 1. The minimum absolute atomic E-state index is 0.0540. The van der Waals surface area contributed by atoms with Gasteiger partial charge >= 0.3 is 0 Å². The number of ether oxygens (including phenoxy) is 1. The number of benzene rings is 1. The molecule has 0 spiro atoms. The number of likely N-dealkylation sites (N-methyl/N-ethyl adjacent to an activating group) is 1. The van der Waals surface area contributed by atoms with Gasteiger partial charge in [0, 0.05) is 19.1 Å². The van der Waals surface area contributed by atoms with Gasteiger partial charge in [-0.25, -0.2) is 0 Å². The number of piperidine rings is 1. The summed E-state index contributed by atoms with van der Waals surface area (Å²) in [6.45, 7) is 2.38. The number of carbonyl (C=O) groups is 1. The second-order valence-electron chi connectivity index (χ2n) is 5.57. The maximum atomic E-state index is 11.8. The van der Waals surface area contributed by atoms with Gasteiger partial charge in [0.1, 0.15) is 5.75 Å². The number of nitrogens with one attached hydrogen (secondary N) is 1. The molecule has 3 N–H and O–H groups in total. The molecule has 1 aromatic rings. The first-order valence-electron chi connectivity index (χ1n) is 7.58.